The van der Waals surface area contributed by atoms with Crippen LogP contribution in [0.2, 0.25) is 0 Å². The minimum Gasteiger partial charge on any atom is -0.488 e. The van der Waals surface area contributed by atoms with E-state index in [-0.39, 0.29) is 17.7 Å². The third-order valence-electron chi connectivity index (χ3n) is 4.89. The van der Waals surface area contributed by atoms with Crippen LogP contribution in [0.3, 0.4) is 0 Å². The number of primary amides is 1. The topological polar surface area (TPSA) is 103 Å². The second kappa shape index (κ2) is 7.75. The molecular formula is C21H21N5O3. The number of amides is 2. The SMILES string of the molecule is Cn1nc(-c2ccccc2)cc1C(=O)N1CC[C@H](Oc2ccnc(C(N)=O)c2)C1. The Morgan fingerprint density at radius 3 is 2.72 bits per heavy atom. The van der Waals surface area contributed by atoms with E-state index in [0.717, 1.165) is 11.3 Å². The fourth-order valence-electron chi connectivity index (χ4n) is 3.40. The number of hydrogen-bond donors (Lipinski definition) is 1. The summed E-state index contributed by atoms with van der Waals surface area (Å²) in [6.07, 6.45) is 2.01. The molecule has 29 heavy (non-hydrogen) atoms. The lowest BCUT2D eigenvalue weighted by molar-refractivity contribution is 0.0761. The van der Waals surface area contributed by atoms with Crippen LogP contribution in [-0.2, 0) is 7.05 Å². The Hall–Kier alpha value is -3.68. The molecule has 2 aromatic heterocycles. The number of aromatic nitrogens is 3. The summed E-state index contributed by atoms with van der Waals surface area (Å²) < 4.78 is 7.54. The van der Waals surface area contributed by atoms with Crippen LogP contribution in [0.15, 0.2) is 54.7 Å². The van der Waals surface area contributed by atoms with Crippen LogP contribution >= 0.6 is 0 Å². The number of benzene rings is 1. The summed E-state index contributed by atoms with van der Waals surface area (Å²) in [7, 11) is 1.77. The van der Waals surface area contributed by atoms with Gasteiger partial charge in [0, 0.05) is 37.8 Å². The third-order valence-corrected chi connectivity index (χ3v) is 4.89. The first kappa shape index (κ1) is 18.7. The van der Waals surface area contributed by atoms with Gasteiger partial charge in [0.05, 0.1) is 12.2 Å². The van der Waals surface area contributed by atoms with Crippen LogP contribution in [0, 0.1) is 0 Å². The smallest absolute Gasteiger partial charge is 0.272 e. The Labute approximate surface area is 167 Å². The van der Waals surface area contributed by atoms with Crippen molar-refractivity contribution >= 4 is 11.8 Å². The molecule has 4 rings (SSSR count). The summed E-state index contributed by atoms with van der Waals surface area (Å²) in [4.78, 5) is 29.9. The van der Waals surface area contributed by atoms with E-state index < -0.39 is 5.91 Å². The molecule has 1 saturated heterocycles. The van der Waals surface area contributed by atoms with Crippen molar-refractivity contribution in [1.29, 1.82) is 0 Å². The van der Waals surface area contributed by atoms with Crippen molar-refractivity contribution in [1.82, 2.24) is 19.7 Å². The Morgan fingerprint density at radius 2 is 1.97 bits per heavy atom. The van der Waals surface area contributed by atoms with Crippen molar-refractivity contribution in [3.05, 3.63) is 66.1 Å². The number of rotatable bonds is 5. The average Bonchev–Trinajstić information content (AvgIpc) is 3.35. The molecule has 0 saturated carbocycles. The highest BCUT2D eigenvalue weighted by atomic mass is 16.5. The molecule has 1 aliphatic rings. The van der Waals surface area contributed by atoms with E-state index in [1.54, 1.807) is 22.7 Å². The highest BCUT2D eigenvalue weighted by molar-refractivity contribution is 5.94. The van der Waals surface area contributed by atoms with Crippen LogP contribution in [0.4, 0.5) is 0 Å². The molecule has 0 aliphatic carbocycles. The molecule has 1 fully saturated rings. The van der Waals surface area contributed by atoms with Gasteiger partial charge in [-0.1, -0.05) is 30.3 Å². The summed E-state index contributed by atoms with van der Waals surface area (Å²) in [6, 6.07) is 14.8. The van der Waals surface area contributed by atoms with Gasteiger partial charge in [-0.05, 0) is 12.1 Å². The maximum atomic E-state index is 13.0. The first-order valence-electron chi connectivity index (χ1n) is 9.32. The fraction of sp³-hybridized carbons (Fsp3) is 0.238. The van der Waals surface area contributed by atoms with Gasteiger partial charge in [0.25, 0.3) is 11.8 Å². The summed E-state index contributed by atoms with van der Waals surface area (Å²) in [5.74, 6) is -0.176. The molecule has 0 spiro atoms. The van der Waals surface area contributed by atoms with Gasteiger partial charge in [-0.15, -0.1) is 0 Å². The zero-order valence-corrected chi connectivity index (χ0v) is 16.0. The van der Waals surface area contributed by atoms with Crippen molar-refractivity contribution < 1.29 is 14.3 Å². The van der Waals surface area contributed by atoms with E-state index in [1.807, 2.05) is 36.4 Å². The second-order valence-corrected chi connectivity index (χ2v) is 6.93. The Morgan fingerprint density at radius 1 is 1.17 bits per heavy atom. The standard InChI is InChI=1S/C21H21N5O3/c1-25-19(12-17(24-25)14-5-3-2-4-6-14)21(28)26-10-8-16(13-26)29-15-7-9-23-18(11-15)20(22)27/h2-7,9,11-12,16H,8,10,13H2,1H3,(H2,22,27)/t16-/m0/s1. The van der Waals surface area contributed by atoms with Crippen LogP contribution in [0.25, 0.3) is 11.3 Å². The van der Waals surface area contributed by atoms with Crippen LogP contribution in [0.5, 0.6) is 5.75 Å². The van der Waals surface area contributed by atoms with Crippen LogP contribution in [0.1, 0.15) is 27.4 Å². The van der Waals surface area contributed by atoms with Gasteiger partial charge in [0.15, 0.2) is 0 Å². The number of aryl methyl sites for hydroxylation is 1. The average molecular weight is 391 g/mol. The Kier molecular flexibility index (Phi) is 4.99. The van der Waals surface area contributed by atoms with Gasteiger partial charge in [-0.2, -0.15) is 5.10 Å². The molecule has 0 radical (unpaired) electrons. The van der Waals surface area contributed by atoms with E-state index in [1.165, 1.54) is 12.3 Å². The molecule has 148 valence electrons. The number of pyridine rings is 1. The first-order valence-corrected chi connectivity index (χ1v) is 9.32. The minimum atomic E-state index is -0.607. The molecular weight excluding hydrogens is 370 g/mol. The monoisotopic (exact) mass is 391 g/mol. The number of nitrogens with zero attached hydrogens (tertiary/aromatic N) is 4. The zero-order valence-electron chi connectivity index (χ0n) is 16.0. The van der Waals surface area contributed by atoms with E-state index in [0.29, 0.717) is 31.0 Å². The van der Waals surface area contributed by atoms with Crippen LogP contribution in [-0.4, -0.2) is 50.7 Å². The second-order valence-electron chi connectivity index (χ2n) is 6.93. The van der Waals surface area contributed by atoms with E-state index in [4.69, 9.17) is 10.5 Å². The summed E-state index contributed by atoms with van der Waals surface area (Å²) in [5, 5.41) is 4.47. The Bertz CT molecular complexity index is 1050. The molecule has 1 aromatic carbocycles. The lowest BCUT2D eigenvalue weighted by Gasteiger charge is -2.17. The van der Waals surface area contributed by atoms with Gasteiger partial charge in [-0.3, -0.25) is 19.3 Å². The van der Waals surface area contributed by atoms with E-state index in [2.05, 4.69) is 10.1 Å². The molecule has 3 heterocycles. The van der Waals surface area contributed by atoms with E-state index >= 15 is 0 Å². The molecule has 2 amide bonds. The molecule has 1 atom stereocenters. The maximum absolute atomic E-state index is 13.0. The lowest BCUT2D eigenvalue weighted by Crippen LogP contribution is -2.32. The predicted octanol–water partition coefficient (Wildman–Crippen LogP) is 1.87. The van der Waals surface area contributed by atoms with Crippen molar-refractivity contribution in [2.24, 2.45) is 12.8 Å². The number of likely N-dealkylation sites (tertiary alicyclic amines) is 1. The molecule has 8 heteroatoms. The summed E-state index contributed by atoms with van der Waals surface area (Å²) >= 11 is 0. The van der Waals surface area contributed by atoms with Crippen molar-refractivity contribution in [3.63, 3.8) is 0 Å². The summed E-state index contributed by atoms with van der Waals surface area (Å²) in [5.41, 5.74) is 7.67. The van der Waals surface area contributed by atoms with Crippen molar-refractivity contribution in [2.75, 3.05) is 13.1 Å². The molecule has 8 nitrogen and oxygen atoms in total. The number of carbonyl (C=O) groups excluding carboxylic acids is 2. The number of hydrogen-bond acceptors (Lipinski definition) is 5. The summed E-state index contributed by atoms with van der Waals surface area (Å²) in [6.45, 7) is 1.04. The molecule has 3 aromatic rings. The highest BCUT2D eigenvalue weighted by Crippen LogP contribution is 2.23. The number of carbonyl (C=O) groups is 2. The fourth-order valence-corrected chi connectivity index (χ4v) is 3.40. The molecule has 0 bridgehead atoms. The normalized spacial score (nSPS) is 16.0. The molecule has 1 aliphatic heterocycles. The maximum Gasteiger partial charge on any atom is 0.272 e. The Balaban J connectivity index is 1.44. The zero-order chi connectivity index (χ0) is 20.4. The highest BCUT2D eigenvalue weighted by Gasteiger charge is 2.30. The predicted molar refractivity (Wildman–Crippen MR) is 106 cm³/mol. The van der Waals surface area contributed by atoms with Crippen LogP contribution < -0.4 is 10.5 Å². The molecule has 2 N–H and O–H groups in total. The van der Waals surface area contributed by atoms with E-state index in [9.17, 15) is 9.59 Å². The van der Waals surface area contributed by atoms with Gasteiger partial charge in [0.2, 0.25) is 0 Å². The van der Waals surface area contributed by atoms with Gasteiger partial charge >= 0.3 is 0 Å². The van der Waals surface area contributed by atoms with Gasteiger partial charge < -0.3 is 15.4 Å². The van der Waals surface area contributed by atoms with Crippen molar-refractivity contribution in [3.8, 4) is 17.0 Å². The third kappa shape index (κ3) is 3.96. The van der Waals surface area contributed by atoms with Crippen molar-refractivity contribution in [2.45, 2.75) is 12.5 Å². The lowest BCUT2D eigenvalue weighted by atomic mass is 10.1. The number of ether oxygens (including phenoxy) is 1. The minimum absolute atomic E-state index is 0.0826. The first-order chi connectivity index (χ1) is 14.0. The number of nitrogens with two attached hydrogens (primary N) is 1. The molecule has 0 unspecified atom stereocenters. The quantitative estimate of drug-likeness (QED) is 0.715. The van der Waals surface area contributed by atoms with Gasteiger partial charge in [-0.25, -0.2) is 0 Å². The largest absolute Gasteiger partial charge is 0.488 e. The van der Waals surface area contributed by atoms with Gasteiger partial charge in [0.1, 0.15) is 23.2 Å².